The summed E-state index contributed by atoms with van der Waals surface area (Å²) >= 11 is 0. The van der Waals surface area contributed by atoms with Crippen LogP contribution >= 0.6 is 0 Å². The van der Waals surface area contributed by atoms with Crippen molar-refractivity contribution in [3.8, 4) is 0 Å². The molecule has 0 bridgehead atoms. The average molecular weight is 230 g/mol. The standard InChI is InChI=1S/C13H11NO3/c1-10-7-8-12(16-10)9-14-17-13(15)11-5-3-2-4-6-11/h2-9H,1H3/b14-9-/i9D. The summed E-state index contributed by atoms with van der Waals surface area (Å²) in [5, 5.41) is 3.42. The second-order valence-electron chi connectivity index (χ2n) is 3.36. The summed E-state index contributed by atoms with van der Waals surface area (Å²) in [7, 11) is 0. The Labute approximate surface area is 99.9 Å². The van der Waals surface area contributed by atoms with E-state index in [1.54, 1.807) is 49.4 Å². The Balaban J connectivity index is 2.05. The fourth-order valence-corrected chi connectivity index (χ4v) is 1.23. The highest BCUT2D eigenvalue weighted by molar-refractivity contribution is 5.89. The van der Waals surface area contributed by atoms with Gasteiger partial charge in [0.1, 0.15) is 17.7 Å². The summed E-state index contributed by atoms with van der Waals surface area (Å²) in [5.74, 6) is 0.316. The molecule has 0 aliphatic carbocycles. The number of aryl methyl sites for hydroxylation is 1. The van der Waals surface area contributed by atoms with E-state index < -0.39 is 5.97 Å². The lowest BCUT2D eigenvalue weighted by atomic mass is 10.2. The summed E-state index contributed by atoms with van der Waals surface area (Å²) in [6, 6.07) is 11.8. The Hall–Kier alpha value is -2.36. The fourth-order valence-electron chi connectivity index (χ4n) is 1.23. The molecule has 0 saturated heterocycles. The van der Waals surface area contributed by atoms with Crippen molar-refractivity contribution in [2.45, 2.75) is 6.92 Å². The Morgan fingerprint density at radius 1 is 1.35 bits per heavy atom. The van der Waals surface area contributed by atoms with Crippen molar-refractivity contribution >= 4 is 12.2 Å². The molecule has 0 saturated carbocycles. The molecule has 0 amide bonds. The third-order valence-electron chi connectivity index (χ3n) is 2.03. The SMILES string of the molecule is [2H]/C(=N/OC(=O)c1ccccc1)c1ccc(C)o1. The van der Waals surface area contributed by atoms with Gasteiger partial charge in [-0.25, -0.2) is 4.79 Å². The van der Waals surface area contributed by atoms with Crippen LogP contribution < -0.4 is 0 Å². The van der Waals surface area contributed by atoms with Crippen LogP contribution in [0.4, 0.5) is 0 Å². The number of nitrogens with zero attached hydrogens (tertiary/aromatic N) is 1. The van der Waals surface area contributed by atoms with E-state index in [1.165, 1.54) is 0 Å². The van der Waals surface area contributed by atoms with E-state index in [0.29, 0.717) is 11.3 Å². The van der Waals surface area contributed by atoms with Gasteiger partial charge in [0.2, 0.25) is 0 Å². The normalized spacial score (nSPS) is 12.1. The molecule has 17 heavy (non-hydrogen) atoms. The van der Waals surface area contributed by atoms with Crippen LogP contribution in [0, 0.1) is 6.92 Å². The van der Waals surface area contributed by atoms with Gasteiger partial charge in [0.15, 0.2) is 0 Å². The van der Waals surface area contributed by atoms with Crippen molar-refractivity contribution in [2.75, 3.05) is 0 Å². The Kier molecular flexibility index (Phi) is 2.96. The predicted molar refractivity (Wildman–Crippen MR) is 62.9 cm³/mol. The molecule has 0 unspecified atom stereocenters. The first-order chi connectivity index (χ1) is 8.66. The molecule has 1 aromatic heterocycles. The number of rotatable bonds is 3. The van der Waals surface area contributed by atoms with E-state index in [2.05, 4.69) is 9.99 Å². The van der Waals surface area contributed by atoms with E-state index >= 15 is 0 Å². The summed E-state index contributed by atoms with van der Waals surface area (Å²) in [6.45, 7) is 1.76. The maximum absolute atomic E-state index is 11.5. The lowest BCUT2D eigenvalue weighted by Crippen LogP contribution is -2.00. The highest BCUT2D eigenvalue weighted by atomic mass is 16.7. The molecule has 0 aliphatic heterocycles. The van der Waals surface area contributed by atoms with Crippen LogP contribution in [0.5, 0.6) is 0 Å². The molecule has 0 radical (unpaired) electrons. The second kappa shape index (κ2) is 5.12. The predicted octanol–water partition coefficient (Wildman–Crippen LogP) is 2.78. The summed E-state index contributed by atoms with van der Waals surface area (Å²) in [4.78, 5) is 16.2. The molecule has 0 N–H and O–H groups in total. The minimum absolute atomic E-state index is 0.229. The first kappa shape index (κ1) is 9.84. The molecular weight excluding hydrogens is 218 g/mol. The first-order valence-corrected chi connectivity index (χ1v) is 5.04. The zero-order valence-electron chi connectivity index (χ0n) is 10.2. The number of hydrogen-bond acceptors (Lipinski definition) is 4. The molecule has 4 nitrogen and oxygen atoms in total. The van der Waals surface area contributed by atoms with Crippen LogP contribution in [0.3, 0.4) is 0 Å². The smallest absolute Gasteiger partial charge is 0.365 e. The molecule has 1 aromatic carbocycles. The van der Waals surface area contributed by atoms with Crippen LogP contribution in [0.2, 0.25) is 0 Å². The number of carbonyl (C=O) groups excluding carboxylic acids is 1. The molecule has 0 spiro atoms. The number of benzene rings is 1. The van der Waals surface area contributed by atoms with Gasteiger partial charge in [-0.3, -0.25) is 0 Å². The monoisotopic (exact) mass is 230 g/mol. The molecule has 86 valence electrons. The zero-order chi connectivity index (χ0) is 13.0. The van der Waals surface area contributed by atoms with Gasteiger partial charge in [0, 0.05) is 0 Å². The minimum atomic E-state index is -0.608. The molecular formula is C13H11NO3. The third-order valence-corrected chi connectivity index (χ3v) is 2.03. The lowest BCUT2D eigenvalue weighted by Gasteiger charge is -1.95. The van der Waals surface area contributed by atoms with E-state index in [9.17, 15) is 4.79 Å². The molecule has 1 heterocycles. The quantitative estimate of drug-likeness (QED) is 0.463. The van der Waals surface area contributed by atoms with E-state index in [4.69, 9.17) is 5.79 Å². The number of carbonyl (C=O) groups is 1. The summed E-state index contributed by atoms with van der Waals surface area (Å²) in [5.41, 5.74) is 0.379. The van der Waals surface area contributed by atoms with Crippen molar-refractivity contribution in [3.63, 3.8) is 0 Å². The minimum Gasteiger partial charge on any atom is -0.460 e. The van der Waals surface area contributed by atoms with Gasteiger partial charge in [0.25, 0.3) is 0 Å². The molecule has 0 fully saturated rings. The Morgan fingerprint density at radius 3 is 2.76 bits per heavy atom. The van der Waals surface area contributed by atoms with Crippen LogP contribution in [0.1, 0.15) is 23.2 Å². The topological polar surface area (TPSA) is 51.8 Å². The highest BCUT2D eigenvalue weighted by Gasteiger charge is 2.04. The van der Waals surface area contributed by atoms with Gasteiger partial charge in [-0.05, 0) is 31.2 Å². The van der Waals surface area contributed by atoms with Crippen molar-refractivity contribution in [3.05, 3.63) is 59.5 Å². The molecule has 4 heteroatoms. The number of oxime groups is 1. The Morgan fingerprint density at radius 2 is 2.12 bits per heavy atom. The van der Waals surface area contributed by atoms with Crippen LogP contribution in [-0.4, -0.2) is 12.2 Å². The zero-order valence-corrected chi connectivity index (χ0v) is 9.21. The maximum Gasteiger partial charge on any atom is 0.365 e. The fraction of sp³-hybridized carbons (Fsp3) is 0.0769. The average Bonchev–Trinajstić information content (AvgIpc) is 2.83. The molecule has 2 rings (SSSR count). The van der Waals surface area contributed by atoms with Gasteiger partial charge < -0.3 is 9.25 Å². The maximum atomic E-state index is 11.5. The highest BCUT2D eigenvalue weighted by Crippen LogP contribution is 2.04. The first-order valence-electron chi connectivity index (χ1n) is 5.54. The van der Waals surface area contributed by atoms with E-state index in [1.807, 2.05) is 0 Å². The van der Waals surface area contributed by atoms with Gasteiger partial charge in [-0.1, -0.05) is 23.4 Å². The number of hydrogen-bond donors (Lipinski definition) is 0. The summed E-state index contributed by atoms with van der Waals surface area (Å²) < 4.78 is 12.7. The number of furan rings is 1. The van der Waals surface area contributed by atoms with Gasteiger partial charge in [0.05, 0.1) is 6.93 Å². The van der Waals surface area contributed by atoms with Crippen molar-refractivity contribution in [2.24, 2.45) is 5.16 Å². The van der Waals surface area contributed by atoms with Crippen molar-refractivity contribution in [1.82, 2.24) is 0 Å². The second-order valence-corrected chi connectivity index (χ2v) is 3.36. The Bertz CT molecular complexity index is 575. The van der Waals surface area contributed by atoms with Crippen LogP contribution in [0.15, 0.2) is 52.0 Å². The molecule has 0 atom stereocenters. The largest absolute Gasteiger partial charge is 0.460 e. The third kappa shape index (κ3) is 3.04. The van der Waals surface area contributed by atoms with Gasteiger partial charge in [-0.15, -0.1) is 0 Å². The molecule has 0 aliphatic rings. The summed E-state index contributed by atoms with van der Waals surface area (Å²) in [6.07, 6.45) is -0.229. The van der Waals surface area contributed by atoms with E-state index in [-0.39, 0.29) is 12.0 Å². The van der Waals surface area contributed by atoms with Crippen molar-refractivity contribution < 1.29 is 15.4 Å². The molecule has 2 aromatic rings. The van der Waals surface area contributed by atoms with Crippen molar-refractivity contribution in [1.29, 1.82) is 0 Å². The van der Waals surface area contributed by atoms with Gasteiger partial charge in [-0.2, -0.15) is 0 Å². The van der Waals surface area contributed by atoms with Crippen LogP contribution in [-0.2, 0) is 4.84 Å². The van der Waals surface area contributed by atoms with E-state index in [0.717, 1.165) is 0 Å². The lowest BCUT2D eigenvalue weighted by molar-refractivity contribution is 0.0519. The van der Waals surface area contributed by atoms with Crippen LogP contribution in [0.25, 0.3) is 0 Å². The van der Waals surface area contributed by atoms with Gasteiger partial charge >= 0.3 is 5.97 Å².